The number of amides is 1. The third kappa shape index (κ3) is 7.96. The second kappa shape index (κ2) is 12.5. The van der Waals surface area contributed by atoms with Gasteiger partial charge in [0.15, 0.2) is 12.3 Å². The van der Waals surface area contributed by atoms with Crippen LogP contribution in [0, 0.1) is 26.2 Å². The summed E-state index contributed by atoms with van der Waals surface area (Å²) < 4.78 is 14.5. The number of hydrogen-bond donors (Lipinski definition) is 1. The fourth-order valence-electron chi connectivity index (χ4n) is 4.19. The summed E-state index contributed by atoms with van der Waals surface area (Å²) in [5.74, 6) is -0.823. The molecule has 1 aliphatic heterocycles. The van der Waals surface area contributed by atoms with E-state index < -0.39 is 11.9 Å². The smallest absolute Gasteiger partial charge is 0.377 e. The molecule has 2 aromatic rings. The first-order chi connectivity index (χ1) is 17.2. The molecule has 0 unspecified atom stereocenters. The molecule has 1 aliphatic rings. The van der Waals surface area contributed by atoms with Gasteiger partial charge in [0.25, 0.3) is 5.91 Å². The summed E-state index contributed by atoms with van der Waals surface area (Å²) >= 11 is 1.26. The lowest BCUT2D eigenvalue weighted by molar-refractivity contribution is -0.919. The quantitative estimate of drug-likeness (QED) is 0.414. The number of piperidine rings is 1. The Bertz CT molecular complexity index is 1140. The zero-order chi connectivity index (χ0) is 28.0. The molecule has 0 bridgehead atoms. The lowest BCUT2D eigenvalue weighted by atomic mass is 9.81. The van der Waals surface area contributed by atoms with Crippen molar-refractivity contribution >= 4 is 40.7 Å². The Morgan fingerprint density at radius 3 is 2.14 bits per heavy atom. The Balaban J connectivity index is 0.000000364. The zero-order valence-corrected chi connectivity index (χ0v) is 23.8. The topological polar surface area (TPSA) is 125 Å². The van der Waals surface area contributed by atoms with Gasteiger partial charge in [0.1, 0.15) is 11.4 Å². The van der Waals surface area contributed by atoms with Crippen molar-refractivity contribution in [3.63, 3.8) is 0 Å². The van der Waals surface area contributed by atoms with Gasteiger partial charge in [-0.2, -0.15) is 0 Å². The Labute approximate surface area is 221 Å². The van der Waals surface area contributed by atoms with Crippen molar-refractivity contribution in [2.75, 3.05) is 45.7 Å². The number of thiophene rings is 1. The zero-order valence-electron chi connectivity index (χ0n) is 23.0. The van der Waals surface area contributed by atoms with Crippen LogP contribution >= 0.6 is 11.3 Å². The summed E-state index contributed by atoms with van der Waals surface area (Å²) in [5, 5.41) is 8.32. The maximum atomic E-state index is 12.8. The van der Waals surface area contributed by atoms with Crippen LogP contribution in [0.15, 0.2) is 9.90 Å². The van der Waals surface area contributed by atoms with E-state index in [0.717, 1.165) is 37.1 Å². The average molecular weight is 537 g/mol. The molecule has 1 N–H and O–H groups in total. The van der Waals surface area contributed by atoms with Crippen molar-refractivity contribution in [2.24, 2.45) is 5.41 Å². The van der Waals surface area contributed by atoms with Gasteiger partial charge in [0.05, 0.1) is 38.7 Å². The van der Waals surface area contributed by atoms with Gasteiger partial charge < -0.3 is 23.8 Å². The van der Waals surface area contributed by atoms with Gasteiger partial charge in [-0.1, -0.05) is 19.0 Å². The molecule has 0 aliphatic carbocycles. The molecule has 1 saturated heterocycles. The number of ether oxygens (including phenoxy) is 2. The van der Waals surface area contributed by atoms with Gasteiger partial charge in [-0.3, -0.25) is 9.59 Å². The summed E-state index contributed by atoms with van der Waals surface area (Å²) in [7, 11) is 2.63. The third-order valence-corrected chi connectivity index (χ3v) is 7.78. The maximum Gasteiger partial charge on any atom is 0.377 e. The minimum Gasteiger partial charge on any atom is -0.465 e. The normalized spacial score (nSPS) is 15.7. The van der Waals surface area contributed by atoms with Crippen LogP contribution in [0.1, 0.15) is 70.7 Å². The van der Waals surface area contributed by atoms with Crippen molar-refractivity contribution in [3.8, 4) is 0 Å². The lowest BCUT2D eigenvalue weighted by Gasteiger charge is -2.45. The molecule has 10 nitrogen and oxygen atoms in total. The van der Waals surface area contributed by atoms with Gasteiger partial charge in [-0.25, -0.2) is 9.59 Å². The molecule has 0 radical (unpaired) electrons. The molecule has 204 valence electrons. The number of aromatic nitrogens is 1. The van der Waals surface area contributed by atoms with E-state index >= 15 is 0 Å². The van der Waals surface area contributed by atoms with E-state index in [1.54, 1.807) is 20.8 Å². The molecular formula is C26H38N3O7S+. The molecule has 3 heterocycles. The van der Waals surface area contributed by atoms with Gasteiger partial charge >= 0.3 is 11.9 Å². The molecule has 0 spiro atoms. The number of anilines is 1. The Hall–Kier alpha value is -3.05. The number of nitrogens with zero attached hydrogens (tertiary/aromatic N) is 2. The van der Waals surface area contributed by atoms with Crippen molar-refractivity contribution < 1.29 is 37.7 Å². The molecule has 3 rings (SSSR count). The number of nitrogens with one attached hydrogen (secondary N) is 1. The summed E-state index contributed by atoms with van der Waals surface area (Å²) in [6.07, 6.45) is 1.97. The highest BCUT2D eigenvalue weighted by Crippen LogP contribution is 2.34. The predicted octanol–water partition coefficient (Wildman–Crippen LogP) is 4.09. The number of aryl methyl sites for hydroxylation is 2. The van der Waals surface area contributed by atoms with Crippen LogP contribution in [-0.4, -0.2) is 73.7 Å². The fraction of sp³-hybridized carbons (Fsp3) is 0.577. The standard InChI is InChI=1S/C19H28N2O4S.C7H9NO3/c1-13-12-26-17(18(24)25-5)16(13)20-15(23)11-21(10-14(2)22)8-6-19(3,4)7-9-21;1-4-5(2)8-11-6(4)7(9)10-3/h12H,6-11H2,1-5H3;1-3H3/p+1. The maximum absolute atomic E-state index is 12.8. The first-order valence-corrected chi connectivity index (χ1v) is 12.9. The van der Waals surface area contributed by atoms with E-state index in [2.05, 4.69) is 29.1 Å². The van der Waals surface area contributed by atoms with Crippen LogP contribution in [0.3, 0.4) is 0 Å². The number of hydrogen-bond acceptors (Lipinski definition) is 9. The van der Waals surface area contributed by atoms with E-state index in [-0.39, 0.29) is 29.4 Å². The molecule has 37 heavy (non-hydrogen) atoms. The van der Waals surface area contributed by atoms with Gasteiger partial charge in [-0.05, 0) is 37.1 Å². The van der Waals surface area contributed by atoms with Crippen LogP contribution in [0.25, 0.3) is 0 Å². The molecule has 11 heteroatoms. The summed E-state index contributed by atoms with van der Waals surface area (Å²) in [5.41, 5.74) is 3.05. The average Bonchev–Trinajstić information content (AvgIpc) is 3.36. The molecule has 2 aromatic heterocycles. The van der Waals surface area contributed by atoms with Gasteiger partial charge in [-0.15, -0.1) is 11.3 Å². The molecular weight excluding hydrogens is 498 g/mol. The third-order valence-electron chi connectivity index (χ3n) is 6.70. The number of carbonyl (C=O) groups is 4. The fourth-order valence-corrected chi connectivity index (χ4v) is 5.11. The van der Waals surface area contributed by atoms with Crippen molar-refractivity contribution in [3.05, 3.63) is 32.8 Å². The van der Waals surface area contributed by atoms with Crippen LogP contribution < -0.4 is 5.32 Å². The van der Waals surface area contributed by atoms with Crippen molar-refractivity contribution in [1.82, 2.24) is 5.16 Å². The van der Waals surface area contributed by atoms with E-state index in [9.17, 15) is 19.2 Å². The van der Waals surface area contributed by atoms with E-state index in [0.29, 0.717) is 27.3 Å². The van der Waals surface area contributed by atoms with E-state index in [1.165, 1.54) is 25.6 Å². The number of rotatable bonds is 7. The minimum atomic E-state index is -0.483. The number of esters is 2. The highest BCUT2D eigenvalue weighted by molar-refractivity contribution is 7.12. The first kappa shape index (κ1) is 30.2. The number of likely N-dealkylation sites (tertiary alicyclic amines) is 1. The van der Waals surface area contributed by atoms with E-state index in [4.69, 9.17) is 9.26 Å². The highest BCUT2D eigenvalue weighted by atomic mass is 32.1. The van der Waals surface area contributed by atoms with Gasteiger partial charge in [0, 0.05) is 25.3 Å². The second-order valence-electron chi connectivity index (χ2n) is 10.3. The number of Topliss-reactive ketones (excluding diaryl/α,β-unsaturated/α-hetero) is 1. The minimum absolute atomic E-state index is 0.0967. The number of carbonyl (C=O) groups excluding carboxylic acids is 4. The summed E-state index contributed by atoms with van der Waals surface area (Å²) in [6, 6.07) is 0. The number of ketones is 1. The monoisotopic (exact) mass is 536 g/mol. The number of quaternary nitrogens is 1. The molecule has 1 fully saturated rings. The summed E-state index contributed by atoms with van der Waals surface area (Å²) in [4.78, 5) is 47.7. The van der Waals surface area contributed by atoms with Crippen LogP contribution in [0.5, 0.6) is 0 Å². The molecule has 0 atom stereocenters. The first-order valence-electron chi connectivity index (χ1n) is 12.1. The molecule has 1 amide bonds. The Kier molecular flexibility index (Phi) is 10.2. The molecule has 0 saturated carbocycles. The predicted molar refractivity (Wildman–Crippen MR) is 140 cm³/mol. The number of methoxy groups -OCH3 is 2. The van der Waals surface area contributed by atoms with Crippen molar-refractivity contribution in [2.45, 2.75) is 54.4 Å². The summed E-state index contributed by atoms with van der Waals surface area (Å²) in [6.45, 7) is 13.7. The SMILES string of the molecule is COC(=O)c1onc(C)c1C.COC(=O)c1scc(C)c1NC(=O)C[N+]1(CC(C)=O)CCC(C)(C)CC1. The Morgan fingerprint density at radius 1 is 1.05 bits per heavy atom. The van der Waals surface area contributed by atoms with Gasteiger partial charge in [0.2, 0.25) is 5.76 Å². The second-order valence-corrected chi connectivity index (χ2v) is 11.2. The van der Waals surface area contributed by atoms with Crippen LogP contribution in [0.4, 0.5) is 5.69 Å². The largest absolute Gasteiger partial charge is 0.465 e. The molecule has 0 aromatic carbocycles. The highest BCUT2D eigenvalue weighted by Gasteiger charge is 2.40. The van der Waals surface area contributed by atoms with Crippen LogP contribution in [-0.2, 0) is 19.1 Å². The Morgan fingerprint density at radius 2 is 1.65 bits per heavy atom. The van der Waals surface area contributed by atoms with Crippen LogP contribution in [0.2, 0.25) is 0 Å². The van der Waals surface area contributed by atoms with E-state index in [1.807, 2.05) is 12.3 Å². The van der Waals surface area contributed by atoms with Crippen molar-refractivity contribution in [1.29, 1.82) is 0 Å². The lowest BCUT2D eigenvalue weighted by Crippen LogP contribution is -2.59.